The van der Waals surface area contributed by atoms with E-state index in [0.717, 1.165) is 37.9 Å². The van der Waals surface area contributed by atoms with E-state index in [1.165, 1.54) is 17.5 Å². The van der Waals surface area contributed by atoms with Crippen molar-refractivity contribution in [2.45, 2.75) is 52.4 Å². The minimum absolute atomic E-state index is 0.299. The largest absolute Gasteiger partial charge is 0.312 e. The summed E-state index contributed by atoms with van der Waals surface area (Å²) in [6.45, 7) is 5.17. The van der Waals surface area contributed by atoms with Gasteiger partial charge in [-0.05, 0) is 37.8 Å². The van der Waals surface area contributed by atoms with Crippen LogP contribution in [0.15, 0.2) is 18.2 Å². The monoisotopic (exact) mass is 245 g/mol. The summed E-state index contributed by atoms with van der Waals surface area (Å²) >= 11 is 0. The second-order valence-electron chi connectivity index (χ2n) is 5.24. The molecular weight excluding hydrogens is 222 g/mol. The van der Waals surface area contributed by atoms with Gasteiger partial charge in [-0.3, -0.25) is 4.79 Å². The van der Waals surface area contributed by atoms with E-state index in [4.69, 9.17) is 0 Å². The van der Waals surface area contributed by atoms with Crippen LogP contribution >= 0.6 is 0 Å². The van der Waals surface area contributed by atoms with Crippen molar-refractivity contribution in [3.8, 4) is 0 Å². The predicted octanol–water partition coefficient (Wildman–Crippen LogP) is 3.85. The number of aryl methyl sites for hydroxylation is 2. The number of amides is 1. The topological polar surface area (TPSA) is 20.3 Å². The molecule has 1 heterocycles. The van der Waals surface area contributed by atoms with E-state index < -0.39 is 0 Å². The number of carbonyl (C=O) groups is 1. The summed E-state index contributed by atoms with van der Waals surface area (Å²) < 4.78 is 0. The zero-order valence-electron chi connectivity index (χ0n) is 11.5. The van der Waals surface area contributed by atoms with Gasteiger partial charge in [0.2, 0.25) is 5.91 Å². The summed E-state index contributed by atoms with van der Waals surface area (Å²) in [6.07, 6.45) is 6.24. The second kappa shape index (κ2) is 6.03. The highest BCUT2D eigenvalue weighted by molar-refractivity contribution is 5.94. The lowest BCUT2D eigenvalue weighted by atomic mass is 9.99. The van der Waals surface area contributed by atoms with Gasteiger partial charge in [0.25, 0.3) is 0 Å². The maximum absolute atomic E-state index is 12.2. The smallest absolute Gasteiger partial charge is 0.226 e. The molecule has 18 heavy (non-hydrogen) atoms. The molecular formula is C16H23NO. The van der Waals surface area contributed by atoms with Crippen LogP contribution < -0.4 is 4.90 Å². The lowest BCUT2D eigenvalue weighted by Gasteiger charge is -2.30. The van der Waals surface area contributed by atoms with Crippen molar-refractivity contribution < 1.29 is 4.79 Å². The Kier molecular flexibility index (Phi) is 4.40. The molecule has 0 fully saturated rings. The van der Waals surface area contributed by atoms with Gasteiger partial charge >= 0.3 is 0 Å². The van der Waals surface area contributed by atoms with Crippen molar-refractivity contribution in [2.24, 2.45) is 0 Å². The van der Waals surface area contributed by atoms with Crippen LogP contribution in [-0.4, -0.2) is 12.5 Å². The van der Waals surface area contributed by atoms with Gasteiger partial charge in [0, 0.05) is 18.7 Å². The molecule has 0 saturated carbocycles. The Bertz CT molecular complexity index is 425. The Labute approximate surface area is 110 Å². The number of anilines is 1. The van der Waals surface area contributed by atoms with Crippen LogP contribution in [0.5, 0.6) is 0 Å². The molecule has 2 heteroatoms. The summed E-state index contributed by atoms with van der Waals surface area (Å²) in [5.41, 5.74) is 3.77. The minimum atomic E-state index is 0.299. The van der Waals surface area contributed by atoms with Crippen LogP contribution in [0.3, 0.4) is 0 Å². The van der Waals surface area contributed by atoms with Crippen LogP contribution in [0, 0.1) is 6.92 Å². The normalized spacial score (nSPS) is 14.4. The molecule has 0 atom stereocenters. The van der Waals surface area contributed by atoms with E-state index in [9.17, 15) is 4.79 Å². The molecule has 0 N–H and O–H groups in total. The van der Waals surface area contributed by atoms with E-state index >= 15 is 0 Å². The Morgan fingerprint density at radius 3 is 2.94 bits per heavy atom. The molecule has 1 aliphatic rings. The molecule has 2 nitrogen and oxygen atoms in total. The number of fused-ring (bicyclic) bond motifs is 1. The molecule has 0 unspecified atom stereocenters. The summed E-state index contributed by atoms with van der Waals surface area (Å²) in [4.78, 5) is 14.2. The fraction of sp³-hybridized carbons (Fsp3) is 0.562. The van der Waals surface area contributed by atoms with Crippen LogP contribution in [-0.2, 0) is 11.2 Å². The van der Waals surface area contributed by atoms with Crippen molar-refractivity contribution in [1.29, 1.82) is 0 Å². The first-order valence-electron chi connectivity index (χ1n) is 7.12. The second-order valence-corrected chi connectivity index (χ2v) is 5.24. The number of nitrogens with zero attached hydrogens (tertiary/aromatic N) is 1. The maximum atomic E-state index is 12.2. The van der Waals surface area contributed by atoms with Crippen molar-refractivity contribution in [2.75, 3.05) is 11.4 Å². The molecule has 0 aromatic heterocycles. The standard InChI is InChI=1S/C16H23NO/c1-3-4-5-8-16(18)17-11-6-7-14-12-13(2)9-10-15(14)17/h9-10,12H,3-8,11H2,1-2H3. The van der Waals surface area contributed by atoms with Crippen molar-refractivity contribution >= 4 is 11.6 Å². The SMILES string of the molecule is CCCCCC(=O)N1CCCc2cc(C)ccc21. The van der Waals surface area contributed by atoms with E-state index in [2.05, 4.69) is 32.0 Å². The van der Waals surface area contributed by atoms with Crippen molar-refractivity contribution in [3.63, 3.8) is 0 Å². The summed E-state index contributed by atoms with van der Waals surface area (Å²) in [6, 6.07) is 6.44. The molecule has 1 amide bonds. The lowest BCUT2D eigenvalue weighted by molar-refractivity contribution is -0.118. The molecule has 0 saturated heterocycles. The average Bonchev–Trinajstić information content (AvgIpc) is 2.37. The van der Waals surface area contributed by atoms with Crippen LogP contribution in [0.2, 0.25) is 0 Å². The molecule has 0 bridgehead atoms. The zero-order valence-corrected chi connectivity index (χ0v) is 11.5. The van der Waals surface area contributed by atoms with Gasteiger partial charge in [-0.15, -0.1) is 0 Å². The highest BCUT2D eigenvalue weighted by Crippen LogP contribution is 2.28. The highest BCUT2D eigenvalue weighted by Gasteiger charge is 2.21. The van der Waals surface area contributed by atoms with Gasteiger partial charge in [-0.2, -0.15) is 0 Å². The quantitative estimate of drug-likeness (QED) is 0.738. The van der Waals surface area contributed by atoms with E-state index in [1.807, 2.05) is 4.90 Å². The number of benzene rings is 1. The molecule has 0 spiro atoms. The van der Waals surface area contributed by atoms with Crippen LogP contribution in [0.25, 0.3) is 0 Å². The molecule has 98 valence electrons. The third-order valence-electron chi connectivity index (χ3n) is 3.65. The lowest BCUT2D eigenvalue weighted by Crippen LogP contribution is -2.35. The molecule has 2 rings (SSSR count). The van der Waals surface area contributed by atoms with Crippen LogP contribution in [0.4, 0.5) is 5.69 Å². The predicted molar refractivity (Wildman–Crippen MR) is 76.0 cm³/mol. The first-order chi connectivity index (χ1) is 8.72. The van der Waals surface area contributed by atoms with Gasteiger partial charge < -0.3 is 4.90 Å². The van der Waals surface area contributed by atoms with Gasteiger partial charge in [-0.1, -0.05) is 37.5 Å². The number of rotatable bonds is 4. The Morgan fingerprint density at radius 2 is 2.17 bits per heavy atom. The van der Waals surface area contributed by atoms with Gasteiger partial charge in [0.05, 0.1) is 0 Å². The summed E-state index contributed by atoms with van der Waals surface area (Å²) in [7, 11) is 0. The zero-order chi connectivity index (χ0) is 13.0. The molecule has 1 aromatic rings. The van der Waals surface area contributed by atoms with Crippen molar-refractivity contribution in [1.82, 2.24) is 0 Å². The Morgan fingerprint density at radius 1 is 1.33 bits per heavy atom. The Hall–Kier alpha value is -1.31. The van der Waals surface area contributed by atoms with Gasteiger partial charge in [0.15, 0.2) is 0 Å². The van der Waals surface area contributed by atoms with E-state index in [0.29, 0.717) is 12.3 Å². The number of carbonyl (C=O) groups excluding carboxylic acids is 1. The maximum Gasteiger partial charge on any atom is 0.226 e. The molecule has 1 aliphatic heterocycles. The first-order valence-corrected chi connectivity index (χ1v) is 7.12. The van der Waals surface area contributed by atoms with Gasteiger partial charge in [-0.25, -0.2) is 0 Å². The molecule has 0 aliphatic carbocycles. The van der Waals surface area contributed by atoms with E-state index in [-0.39, 0.29) is 0 Å². The highest BCUT2D eigenvalue weighted by atomic mass is 16.2. The van der Waals surface area contributed by atoms with E-state index in [1.54, 1.807) is 0 Å². The minimum Gasteiger partial charge on any atom is -0.312 e. The summed E-state index contributed by atoms with van der Waals surface area (Å²) in [5, 5.41) is 0. The number of unbranched alkanes of at least 4 members (excludes halogenated alkanes) is 2. The fourth-order valence-electron chi connectivity index (χ4n) is 2.65. The third kappa shape index (κ3) is 2.92. The summed E-state index contributed by atoms with van der Waals surface area (Å²) in [5.74, 6) is 0.299. The first kappa shape index (κ1) is 13.1. The van der Waals surface area contributed by atoms with Crippen LogP contribution in [0.1, 0.15) is 50.2 Å². The van der Waals surface area contributed by atoms with Crippen molar-refractivity contribution in [3.05, 3.63) is 29.3 Å². The molecule has 1 aromatic carbocycles. The Balaban J connectivity index is 2.09. The number of hydrogen-bond donors (Lipinski definition) is 0. The third-order valence-corrected chi connectivity index (χ3v) is 3.65. The number of hydrogen-bond acceptors (Lipinski definition) is 1. The fourth-order valence-corrected chi connectivity index (χ4v) is 2.65. The van der Waals surface area contributed by atoms with Gasteiger partial charge in [0.1, 0.15) is 0 Å². The average molecular weight is 245 g/mol. The molecule has 0 radical (unpaired) electrons.